The van der Waals surface area contributed by atoms with Gasteiger partial charge < -0.3 is 16.4 Å². The maximum Gasteiger partial charge on any atom is 0 e. The van der Waals surface area contributed by atoms with E-state index in [-0.39, 0.29) is 57.9 Å². The molecule has 0 aliphatic heterocycles. The topological polar surface area (TPSA) is 94.5 Å². The van der Waals surface area contributed by atoms with Crippen LogP contribution in [0.15, 0.2) is 0 Å². The van der Waals surface area contributed by atoms with Gasteiger partial charge in [0.1, 0.15) is 0 Å². The van der Waals surface area contributed by atoms with Crippen LogP contribution in [-0.2, 0) is 41.5 Å². The normalized spacial score (nSPS) is 0. The second kappa shape index (κ2) is 61.8. The monoisotopic (exact) mass is 339 g/mol. The predicted octanol–water partition coefficient (Wildman–Crippen LogP) is -2.48. The zero-order valence-electron chi connectivity index (χ0n) is 2.29. The fourth-order valence-electron chi connectivity index (χ4n) is 0. The fourth-order valence-corrected chi connectivity index (χ4v) is 0. The van der Waals surface area contributed by atoms with Crippen LogP contribution in [0.5, 0.6) is 0 Å². The second-order valence-corrected chi connectivity index (χ2v) is 0. The van der Waals surface area contributed by atoms with Crippen molar-refractivity contribution in [1.29, 1.82) is 0 Å². The van der Waals surface area contributed by atoms with E-state index in [2.05, 4.69) is 0 Å². The molecule has 0 aliphatic rings. The second-order valence-electron chi connectivity index (χ2n) is 0. The summed E-state index contributed by atoms with van der Waals surface area (Å²) < 4.78 is 0. The van der Waals surface area contributed by atoms with Crippen molar-refractivity contribution in [2.24, 2.45) is 0 Å². The molecular weight excluding hydrogens is 330 g/mol. The summed E-state index contributed by atoms with van der Waals surface area (Å²) in [6.07, 6.45) is 0. The molecule has 0 heterocycles. The Morgan fingerprint density at radius 2 is 0.600 bits per heavy atom. The summed E-state index contributed by atoms with van der Waals surface area (Å²) in [5, 5.41) is 0. The summed E-state index contributed by atoms with van der Waals surface area (Å²) in [4.78, 5) is 0. The largest absolute Gasteiger partial charge is 0.412 e. The fraction of sp³-hybridized carbons (Fsp3) is 0. The van der Waals surface area contributed by atoms with Crippen molar-refractivity contribution in [3.63, 3.8) is 0 Å². The van der Waals surface area contributed by atoms with E-state index < -0.39 is 0 Å². The summed E-state index contributed by atoms with van der Waals surface area (Å²) in [5.41, 5.74) is 0. The van der Waals surface area contributed by atoms with E-state index in [1.54, 1.807) is 0 Å². The van der Waals surface area contributed by atoms with E-state index in [1.807, 2.05) is 0 Å². The Balaban J connectivity index is 0. The first kappa shape index (κ1) is 113. The molecule has 0 bridgehead atoms. The molecule has 0 atom stereocenters. The van der Waals surface area contributed by atoms with Gasteiger partial charge in [-0.1, -0.05) is 0 Å². The minimum absolute atomic E-state index is 0. The zero-order chi connectivity index (χ0) is 0. The molecule has 3 nitrogen and oxygen atoms in total. The van der Waals surface area contributed by atoms with Crippen LogP contribution in [0, 0.1) is 0 Å². The first-order chi connectivity index (χ1) is 0. The zero-order valence-corrected chi connectivity index (χ0v) is 7.01. The molecule has 0 aromatic rings. The first-order valence-corrected chi connectivity index (χ1v) is 0. The molecule has 1 radical (unpaired) electrons. The average molecular weight is 336 g/mol. The summed E-state index contributed by atoms with van der Waals surface area (Å²) in [5.74, 6) is 0. The molecular formula is H6MoO3Re. The van der Waals surface area contributed by atoms with Gasteiger partial charge in [0.15, 0.2) is 0 Å². The molecule has 0 saturated carbocycles. The summed E-state index contributed by atoms with van der Waals surface area (Å²) in [6.45, 7) is 0. The van der Waals surface area contributed by atoms with Crippen molar-refractivity contribution in [3.05, 3.63) is 0 Å². The number of rotatable bonds is 0. The van der Waals surface area contributed by atoms with Gasteiger partial charge in [0.05, 0.1) is 0 Å². The quantitative estimate of drug-likeness (QED) is 0.438. The van der Waals surface area contributed by atoms with Crippen molar-refractivity contribution in [1.82, 2.24) is 0 Å². The molecule has 0 unspecified atom stereocenters. The molecule has 0 saturated heterocycles. The molecule has 37 valence electrons. The molecule has 0 spiro atoms. The number of hydrogen-bond donors (Lipinski definition) is 0. The smallest absolute Gasteiger partial charge is 0 e. The average Bonchev–Trinajstić information content (AvgIpc) is 0. The van der Waals surface area contributed by atoms with Gasteiger partial charge in [0.25, 0.3) is 0 Å². The van der Waals surface area contributed by atoms with E-state index in [0.29, 0.717) is 0 Å². The Morgan fingerprint density at radius 1 is 0.600 bits per heavy atom. The van der Waals surface area contributed by atoms with Gasteiger partial charge in [-0.3, -0.25) is 0 Å². The van der Waals surface area contributed by atoms with Crippen molar-refractivity contribution in [2.75, 3.05) is 0 Å². The third-order valence-electron chi connectivity index (χ3n) is 0. The van der Waals surface area contributed by atoms with Crippen LogP contribution >= 0.6 is 0 Å². The number of hydrogen-bond acceptors (Lipinski definition) is 0. The van der Waals surface area contributed by atoms with Gasteiger partial charge in [-0.25, -0.2) is 0 Å². The molecule has 5 heteroatoms. The van der Waals surface area contributed by atoms with E-state index in [9.17, 15) is 0 Å². The Morgan fingerprint density at radius 3 is 0.600 bits per heavy atom. The van der Waals surface area contributed by atoms with Gasteiger partial charge in [-0.2, -0.15) is 0 Å². The summed E-state index contributed by atoms with van der Waals surface area (Å²) in [6, 6.07) is 0. The summed E-state index contributed by atoms with van der Waals surface area (Å²) in [7, 11) is 0. The maximum atomic E-state index is 0. The van der Waals surface area contributed by atoms with Gasteiger partial charge in [-0.05, 0) is 0 Å². The van der Waals surface area contributed by atoms with Crippen molar-refractivity contribution in [3.8, 4) is 0 Å². The minimum atomic E-state index is 0. The minimum Gasteiger partial charge on any atom is -0.412 e. The van der Waals surface area contributed by atoms with Crippen molar-refractivity contribution >= 4 is 0 Å². The van der Waals surface area contributed by atoms with Gasteiger partial charge in [0, 0.05) is 41.5 Å². The molecule has 6 N–H and O–H groups in total. The van der Waals surface area contributed by atoms with Crippen LogP contribution in [0.25, 0.3) is 0 Å². The molecule has 0 aromatic heterocycles. The molecule has 0 aliphatic carbocycles. The van der Waals surface area contributed by atoms with Crippen LogP contribution in [-0.4, -0.2) is 16.4 Å². The third kappa shape index (κ3) is 36.0. The van der Waals surface area contributed by atoms with Gasteiger partial charge in [0.2, 0.25) is 0 Å². The van der Waals surface area contributed by atoms with E-state index >= 15 is 0 Å². The van der Waals surface area contributed by atoms with Crippen LogP contribution < -0.4 is 0 Å². The Bertz CT molecular complexity index is 6.85. The van der Waals surface area contributed by atoms with Crippen molar-refractivity contribution in [2.45, 2.75) is 0 Å². The Hall–Kier alpha value is 1.23. The summed E-state index contributed by atoms with van der Waals surface area (Å²) >= 11 is 0. The van der Waals surface area contributed by atoms with Crippen LogP contribution in [0.2, 0.25) is 0 Å². The van der Waals surface area contributed by atoms with E-state index in [4.69, 9.17) is 0 Å². The maximum absolute atomic E-state index is 0. The van der Waals surface area contributed by atoms with E-state index in [0.717, 1.165) is 0 Å². The van der Waals surface area contributed by atoms with Crippen LogP contribution in [0.4, 0.5) is 0 Å². The standard InChI is InChI=1S/Mo.3H2O.Re/h;3*1H2;. The van der Waals surface area contributed by atoms with Gasteiger partial charge in [-0.15, -0.1) is 0 Å². The Labute approximate surface area is 58.0 Å². The van der Waals surface area contributed by atoms with Crippen molar-refractivity contribution < 1.29 is 57.9 Å². The van der Waals surface area contributed by atoms with E-state index in [1.165, 1.54) is 0 Å². The first-order valence-electron chi connectivity index (χ1n) is 0. The molecule has 0 amide bonds. The third-order valence-corrected chi connectivity index (χ3v) is 0. The van der Waals surface area contributed by atoms with Crippen LogP contribution in [0.1, 0.15) is 0 Å². The molecule has 0 aromatic carbocycles. The van der Waals surface area contributed by atoms with Gasteiger partial charge >= 0.3 is 0 Å². The molecule has 5 heavy (non-hydrogen) atoms. The predicted molar refractivity (Wildman–Crippen MR) is 10.8 cm³/mol. The molecule has 0 rings (SSSR count). The SMILES string of the molecule is O.O.O.[Mo].[Re]. The van der Waals surface area contributed by atoms with Crippen LogP contribution in [0.3, 0.4) is 0 Å². The molecule has 0 fully saturated rings. The Kier molecular flexibility index (Phi) is 1390.